The SMILES string of the molecule is [2H]c1c([2H])c([2H])c(-c2nc3ccccc3n2-c2ccccc2-c2c3ccccc3c(-c3cccc4sc5ccccc5c34)c3cc(-c4ccccc4)ccc23)c([2H])c1[2H]. The highest BCUT2D eigenvalue weighted by Gasteiger charge is 2.23. The second-order valence-electron chi connectivity index (χ2n) is 13.5. The van der Waals surface area contributed by atoms with E-state index in [2.05, 4.69) is 115 Å². The van der Waals surface area contributed by atoms with Gasteiger partial charge in [-0.05, 0) is 85.8 Å². The van der Waals surface area contributed by atoms with Gasteiger partial charge in [0.1, 0.15) is 5.82 Å². The van der Waals surface area contributed by atoms with E-state index in [0.717, 1.165) is 60.6 Å². The second-order valence-corrected chi connectivity index (χ2v) is 14.6. The van der Waals surface area contributed by atoms with Crippen molar-refractivity contribution < 1.29 is 6.85 Å². The maximum atomic E-state index is 9.01. The van der Waals surface area contributed by atoms with Crippen LogP contribution in [0.2, 0.25) is 0 Å². The molecule has 54 heavy (non-hydrogen) atoms. The molecule has 11 rings (SSSR count). The molecule has 0 fully saturated rings. The first kappa shape index (κ1) is 26.0. The number of aromatic nitrogens is 2. The van der Waals surface area contributed by atoms with Gasteiger partial charge in [0.25, 0.3) is 0 Å². The fourth-order valence-corrected chi connectivity index (χ4v) is 9.36. The number of thiophene rings is 1. The molecule has 0 amide bonds. The van der Waals surface area contributed by atoms with Crippen molar-refractivity contribution in [3.8, 4) is 50.5 Å². The molecule has 11 aromatic rings. The third-order valence-electron chi connectivity index (χ3n) is 10.5. The lowest BCUT2D eigenvalue weighted by molar-refractivity contribution is 1.10. The van der Waals surface area contributed by atoms with Crippen molar-refractivity contribution in [3.05, 3.63) is 194 Å². The predicted octanol–water partition coefficient (Wildman–Crippen LogP) is 14.4. The fourth-order valence-electron chi connectivity index (χ4n) is 8.23. The molecule has 0 radical (unpaired) electrons. The third kappa shape index (κ3) is 4.76. The lowest BCUT2D eigenvalue weighted by atomic mass is 9.83. The summed E-state index contributed by atoms with van der Waals surface area (Å²) >= 11 is 1.82. The molecule has 0 aliphatic rings. The summed E-state index contributed by atoms with van der Waals surface area (Å²) in [6, 6.07) is 55.2. The molecule has 0 saturated carbocycles. The van der Waals surface area contributed by atoms with E-state index in [0.29, 0.717) is 5.52 Å². The summed E-state index contributed by atoms with van der Waals surface area (Å²) in [6.45, 7) is 0. The molecule has 0 saturated heterocycles. The Bertz CT molecular complexity index is 3490. The minimum absolute atomic E-state index is 0.0515. The average Bonchev–Trinajstić information content (AvgIpc) is 3.86. The zero-order valence-corrected chi connectivity index (χ0v) is 29.7. The second kappa shape index (κ2) is 12.4. The number of para-hydroxylation sites is 3. The molecule has 2 aromatic heterocycles. The summed E-state index contributed by atoms with van der Waals surface area (Å²) in [5.41, 5.74) is 8.77. The maximum absolute atomic E-state index is 9.01. The summed E-state index contributed by atoms with van der Waals surface area (Å²) < 4.78 is 47.9. The number of nitrogens with zero attached hydrogens (tertiary/aromatic N) is 2. The van der Waals surface area contributed by atoms with Crippen LogP contribution in [0.3, 0.4) is 0 Å². The van der Waals surface area contributed by atoms with Crippen molar-refractivity contribution in [2.75, 3.05) is 0 Å². The Balaban J connectivity index is 1.28. The predicted molar refractivity (Wildman–Crippen MR) is 231 cm³/mol. The Morgan fingerprint density at radius 1 is 0.463 bits per heavy atom. The molecule has 3 heteroatoms. The van der Waals surface area contributed by atoms with Gasteiger partial charge in [-0.1, -0.05) is 158 Å². The molecule has 0 aliphatic heterocycles. The molecular weight excluding hydrogens is 673 g/mol. The lowest BCUT2D eigenvalue weighted by Crippen LogP contribution is -2.01. The minimum Gasteiger partial charge on any atom is -0.292 e. The Kier molecular flexibility index (Phi) is 5.98. The van der Waals surface area contributed by atoms with Crippen LogP contribution in [0.25, 0.3) is 103 Å². The molecule has 0 unspecified atom stereocenters. The Morgan fingerprint density at radius 3 is 1.96 bits per heavy atom. The largest absolute Gasteiger partial charge is 0.292 e. The first-order chi connectivity index (χ1) is 28.9. The molecule has 0 N–H and O–H groups in total. The van der Waals surface area contributed by atoms with Crippen molar-refractivity contribution in [1.82, 2.24) is 9.55 Å². The highest BCUT2D eigenvalue weighted by atomic mass is 32.1. The molecule has 0 atom stereocenters. The van der Waals surface area contributed by atoms with Crippen LogP contribution in [0, 0.1) is 0 Å². The van der Waals surface area contributed by atoms with Crippen molar-refractivity contribution in [2.24, 2.45) is 0 Å². The van der Waals surface area contributed by atoms with E-state index in [1.165, 1.54) is 25.7 Å². The summed E-state index contributed by atoms with van der Waals surface area (Å²) in [5, 5.41) is 6.83. The summed E-state index contributed by atoms with van der Waals surface area (Å²) in [4.78, 5) is 5.00. The van der Waals surface area contributed by atoms with Crippen LogP contribution >= 0.6 is 11.3 Å². The summed E-state index contributed by atoms with van der Waals surface area (Å²) in [6.07, 6.45) is 0. The van der Waals surface area contributed by atoms with Crippen LogP contribution < -0.4 is 0 Å². The van der Waals surface area contributed by atoms with Crippen molar-refractivity contribution >= 4 is 64.1 Å². The molecule has 0 aliphatic carbocycles. The molecule has 0 spiro atoms. The first-order valence-electron chi connectivity index (χ1n) is 20.5. The Labute approximate surface area is 323 Å². The van der Waals surface area contributed by atoms with Gasteiger partial charge in [-0.3, -0.25) is 4.57 Å². The quantitative estimate of drug-likeness (QED) is 0.163. The van der Waals surface area contributed by atoms with Crippen molar-refractivity contribution in [1.29, 1.82) is 0 Å². The summed E-state index contributed by atoms with van der Waals surface area (Å²) in [5.74, 6) is 0.281. The molecule has 0 bridgehead atoms. The van der Waals surface area contributed by atoms with Gasteiger partial charge in [-0.15, -0.1) is 11.3 Å². The van der Waals surface area contributed by atoms with Gasteiger partial charge in [0.15, 0.2) is 0 Å². The highest BCUT2D eigenvalue weighted by molar-refractivity contribution is 7.25. The molecule has 2 heterocycles. The average molecular weight is 710 g/mol. The number of hydrogen-bond acceptors (Lipinski definition) is 2. The number of rotatable bonds is 5. The number of hydrogen-bond donors (Lipinski definition) is 0. The van der Waals surface area contributed by atoms with Crippen LogP contribution in [-0.2, 0) is 0 Å². The van der Waals surface area contributed by atoms with E-state index in [9.17, 15) is 0 Å². The van der Waals surface area contributed by atoms with Gasteiger partial charge in [0.05, 0.1) is 23.6 Å². The van der Waals surface area contributed by atoms with Gasteiger partial charge in [0.2, 0.25) is 0 Å². The first-order valence-corrected chi connectivity index (χ1v) is 18.8. The molecule has 9 aromatic carbocycles. The minimum atomic E-state index is -0.439. The normalized spacial score (nSPS) is 13.0. The lowest BCUT2D eigenvalue weighted by Gasteiger charge is -2.22. The van der Waals surface area contributed by atoms with Crippen LogP contribution in [0.5, 0.6) is 0 Å². The Morgan fingerprint density at radius 2 is 1.11 bits per heavy atom. The van der Waals surface area contributed by atoms with E-state index >= 15 is 0 Å². The highest BCUT2D eigenvalue weighted by Crippen LogP contribution is 2.49. The van der Waals surface area contributed by atoms with Gasteiger partial charge in [-0.2, -0.15) is 0 Å². The zero-order chi connectivity index (χ0) is 39.9. The molecular formula is C51H32N2S. The number of imidazole rings is 1. The fraction of sp³-hybridized carbons (Fsp3) is 0. The van der Waals surface area contributed by atoms with Crippen molar-refractivity contribution in [3.63, 3.8) is 0 Å². The van der Waals surface area contributed by atoms with Crippen LogP contribution in [0.15, 0.2) is 194 Å². The standard InChI is InChI=1S/C51H32N2S/c1-3-16-33(17-4-1)35-30-31-38-42(32-35)49(41-24-15-29-47-50(41)40-23-10-14-28-46(40)54-47)37-21-8-7-20-36(37)48(38)39-22-9-12-26-44(39)53-45-27-13-11-25-43(45)52-51(53)34-18-5-2-6-19-34/h1-32H/i2D,5D,6D,18D,19D. The topological polar surface area (TPSA) is 17.8 Å². The van der Waals surface area contributed by atoms with Crippen LogP contribution in [-0.4, -0.2) is 9.55 Å². The van der Waals surface area contributed by atoms with E-state index in [1.807, 2.05) is 64.4 Å². The molecule has 252 valence electrons. The third-order valence-corrected chi connectivity index (χ3v) is 11.6. The van der Waals surface area contributed by atoms with E-state index in [-0.39, 0.29) is 23.5 Å². The molecule has 2 nitrogen and oxygen atoms in total. The van der Waals surface area contributed by atoms with Crippen LogP contribution in [0.4, 0.5) is 0 Å². The van der Waals surface area contributed by atoms with Gasteiger partial charge >= 0.3 is 0 Å². The number of fused-ring (bicyclic) bond motifs is 6. The van der Waals surface area contributed by atoms with E-state index in [1.54, 1.807) is 0 Å². The monoisotopic (exact) mass is 709 g/mol. The Hall–Kier alpha value is -6.81. The maximum Gasteiger partial charge on any atom is 0.145 e. The van der Waals surface area contributed by atoms with Gasteiger partial charge < -0.3 is 0 Å². The number of benzene rings is 9. The van der Waals surface area contributed by atoms with Crippen LogP contribution in [0.1, 0.15) is 6.85 Å². The van der Waals surface area contributed by atoms with E-state index in [4.69, 9.17) is 11.8 Å². The van der Waals surface area contributed by atoms with Crippen molar-refractivity contribution in [2.45, 2.75) is 0 Å². The summed E-state index contributed by atoms with van der Waals surface area (Å²) in [7, 11) is 0. The van der Waals surface area contributed by atoms with Gasteiger partial charge in [-0.25, -0.2) is 4.98 Å². The smallest absolute Gasteiger partial charge is 0.145 e. The van der Waals surface area contributed by atoms with E-state index < -0.39 is 18.1 Å². The zero-order valence-electron chi connectivity index (χ0n) is 33.9. The van der Waals surface area contributed by atoms with Gasteiger partial charge in [0, 0.05) is 31.3 Å².